The number of allylic oxidation sites excluding steroid dienone is 2. The third-order valence-electron chi connectivity index (χ3n) is 4.44. The lowest BCUT2D eigenvalue weighted by Crippen LogP contribution is -2.15. The lowest BCUT2D eigenvalue weighted by molar-refractivity contribution is 0.0695. The monoisotopic (exact) mass is 368 g/mol. The molecule has 2 N–H and O–H groups in total. The molecule has 0 aliphatic carbocycles. The normalized spacial score (nSPS) is 14.0. The predicted octanol–water partition coefficient (Wildman–Crippen LogP) is 4.52. The molecule has 0 unspecified atom stereocenters. The number of aromatic carboxylic acids is 2. The van der Waals surface area contributed by atoms with Crippen molar-refractivity contribution in [3.05, 3.63) is 92.7 Å². The maximum absolute atomic E-state index is 12.1. The highest BCUT2D eigenvalue weighted by Crippen LogP contribution is 2.40. The summed E-state index contributed by atoms with van der Waals surface area (Å²) in [5, 5.41) is 23.6. The van der Waals surface area contributed by atoms with Crippen LogP contribution in [0.3, 0.4) is 0 Å². The molecule has 2 aromatic rings. The summed E-state index contributed by atoms with van der Waals surface area (Å²) in [5.41, 5.74) is 3.03. The zero-order chi connectivity index (χ0) is 18.7. The quantitative estimate of drug-likeness (QED) is 0.655. The van der Waals surface area contributed by atoms with Crippen molar-refractivity contribution in [2.24, 2.45) is 0 Å². The van der Waals surface area contributed by atoms with Crippen LogP contribution in [0, 0.1) is 6.92 Å². The molecule has 3 rings (SSSR count). The molecule has 4 nitrogen and oxygen atoms in total. The standard InChI is InChI=1S/C21H20O4S/c1-14-11-17(20(22)23)18(13-26-9-5-6-10-26)19(21(24)25)16(14)12-15-7-3-2-4-8-15/h2-11,26H,12-13H2,1H3,(H,22,23)(H,24,25). The van der Waals surface area contributed by atoms with E-state index in [-0.39, 0.29) is 11.1 Å². The van der Waals surface area contributed by atoms with Gasteiger partial charge in [-0.2, -0.15) is 0 Å². The fraction of sp³-hybridized carbons (Fsp3) is 0.143. The number of thiol groups is 1. The van der Waals surface area contributed by atoms with Crippen molar-refractivity contribution >= 4 is 22.8 Å². The molecule has 0 fully saturated rings. The van der Waals surface area contributed by atoms with Gasteiger partial charge >= 0.3 is 11.9 Å². The molecule has 134 valence electrons. The number of carboxylic acids is 2. The third-order valence-corrected chi connectivity index (χ3v) is 6.23. The van der Waals surface area contributed by atoms with E-state index in [1.807, 2.05) is 53.3 Å². The molecule has 0 amide bonds. The van der Waals surface area contributed by atoms with E-state index in [0.717, 1.165) is 5.56 Å². The zero-order valence-corrected chi connectivity index (χ0v) is 15.2. The Morgan fingerprint density at radius 3 is 2.19 bits per heavy atom. The molecule has 0 radical (unpaired) electrons. The van der Waals surface area contributed by atoms with Crippen LogP contribution in [0.2, 0.25) is 0 Å². The minimum atomic E-state index is -1.08. The second-order valence-corrected chi connectivity index (χ2v) is 8.14. The van der Waals surface area contributed by atoms with Crippen LogP contribution in [0.1, 0.15) is 43.0 Å². The van der Waals surface area contributed by atoms with Crippen molar-refractivity contribution < 1.29 is 19.8 Å². The van der Waals surface area contributed by atoms with Crippen LogP contribution >= 0.6 is 10.9 Å². The largest absolute Gasteiger partial charge is 0.478 e. The van der Waals surface area contributed by atoms with E-state index in [2.05, 4.69) is 0 Å². The number of carboxylic acid groups (broad SMARTS) is 2. The average Bonchev–Trinajstić information content (AvgIpc) is 3.11. The first-order chi connectivity index (χ1) is 12.5. The molecule has 0 saturated heterocycles. The molecule has 1 heterocycles. The van der Waals surface area contributed by atoms with Crippen molar-refractivity contribution in [3.63, 3.8) is 0 Å². The Morgan fingerprint density at radius 1 is 0.962 bits per heavy atom. The first-order valence-corrected chi connectivity index (χ1v) is 9.90. The van der Waals surface area contributed by atoms with E-state index in [9.17, 15) is 19.8 Å². The summed E-state index contributed by atoms with van der Waals surface area (Å²) in [6.07, 6.45) is 4.31. The smallest absolute Gasteiger partial charge is 0.336 e. The van der Waals surface area contributed by atoms with Gasteiger partial charge in [-0.05, 0) is 52.5 Å². The van der Waals surface area contributed by atoms with Crippen LogP contribution in [0.25, 0.3) is 0 Å². The van der Waals surface area contributed by atoms with Gasteiger partial charge in [0.15, 0.2) is 0 Å². The highest BCUT2D eigenvalue weighted by molar-refractivity contribution is 8.21. The molecular formula is C21H20O4S. The highest BCUT2D eigenvalue weighted by Gasteiger charge is 2.25. The van der Waals surface area contributed by atoms with Crippen molar-refractivity contribution in [2.75, 3.05) is 0 Å². The SMILES string of the molecule is Cc1cc(C(=O)O)c(C[SH]2C=CC=C2)c(C(=O)O)c1Cc1ccccc1. The molecule has 0 aromatic heterocycles. The van der Waals surface area contributed by atoms with Gasteiger partial charge in [-0.3, -0.25) is 0 Å². The Morgan fingerprint density at radius 2 is 1.62 bits per heavy atom. The van der Waals surface area contributed by atoms with Crippen LogP contribution in [0.15, 0.2) is 59.4 Å². The van der Waals surface area contributed by atoms with Gasteiger partial charge in [0.05, 0.1) is 11.1 Å². The van der Waals surface area contributed by atoms with Crippen LogP contribution in [-0.2, 0) is 12.2 Å². The maximum atomic E-state index is 12.1. The lowest BCUT2D eigenvalue weighted by atomic mass is 9.89. The predicted molar refractivity (Wildman–Crippen MR) is 105 cm³/mol. The van der Waals surface area contributed by atoms with Gasteiger partial charge in [0.1, 0.15) is 0 Å². The van der Waals surface area contributed by atoms with Crippen molar-refractivity contribution in [3.8, 4) is 0 Å². The summed E-state index contributed by atoms with van der Waals surface area (Å²) in [7, 11) is -0.672. The molecular weight excluding hydrogens is 348 g/mol. The fourth-order valence-electron chi connectivity index (χ4n) is 3.20. The molecule has 0 saturated carbocycles. The second-order valence-electron chi connectivity index (χ2n) is 6.20. The number of rotatable bonds is 6. The molecule has 26 heavy (non-hydrogen) atoms. The highest BCUT2D eigenvalue weighted by atomic mass is 32.2. The van der Waals surface area contributed by atoms with Gasteiger partial charge in [0.25, 0.3) is 0 Å². The number of aryl methyl sites for hydroxylation is 1. The van der Waals surface area contributed by atoms with E-state index in [1.54, 1.807) is 13.0 Å². The Hall–Kier alpha value is -2.79. The number of hydrogen-bond acceptors (Lipinski definition) is 2. The van der Waals surface area contributed by atoms with E-state index in [1.165, 1.54) is 0 Å². The van der Waals surface area contributed by atoms with Crippen LogP contribution in [0.5, 0.6) is 0 Å². The minimum Gasteiger partial charge on any atom is -0.478 e. The van der Waals surface area contributed by atoms with Gasteiger partial charge in [0.2, 0.25) is 0 Å². The summed E-state index contributed by atoms with van der Waals surface area (Å²) < 4.78 is 0. The van der Waals surface area contributed by atoms with Crippen molar-refractivity contribution in [1.29, 1.82) is 0 Å². The molecule has 0 spiro atoms. The summed E-state index contributed by atoms with van der Waals surface area (Å²) >= 11 is 0. The van der Waals surface area contributed by atoms with Gasteiger partial charge < -0.3 is 10.2 Å². The van der Waals surface area contributed by atoms with Gasteiger partial charge in [-0.1, -0.05) is 42.5 Å². The molecule has 2 aromatic carbocycles. The summed E-state index contributed by atoms with van der Waals surface area (Å²) in [6, 6.07) is 11.2. The van der Waals surface area contributed by atoms with Gasteiger partial charge in [-0.15, -0.1) is 0 Å². The first kappa shape index (κ1) is 18.0. The zero-order valence-electron chi connectivity index (χ0n) is 14.3. The van der Waals surface area contributed by atoms with E-state index >= 15 is 0 Å². The van der Waals surface area contributed by atoms with Crippen LogP contribution in [0.4, 0.5) is 0 Å². The lowest BCUT2D eigenvalue weighted by Gasteiger charge is -2.20. The molecule has 1 aliphatic heterocycles. The first-order valence-electron chi connectivity index (χ1n) is 8.24. The number of hydrogen-bond donors (Lipinski definition) is 3. The number of benzene rings is 2. The summed E-state index contributed by atoms with van der Waals surface area (Å²) in [4.78, 5) is 23.9. The Labute approximate surface area is 154 Å². The van der Waals surface area contributed by atoms with Gasteiger partial charge in [-0.25, -0.2) is 20.5 Å². The maximum Gasteiger partial charge on any atom is 0.336 e. The fourth-order valence-corrected chi connectivity index (χ4v) is 4.85. The van der Waals surface area contributed by atoms with Crippen LogP contribution in [-0.4, -0.2) is 22.2 Å². The summed E-state index contributed by atoms with van der Waals surface area (Å²) in [5.74, 6) is -1.73. The van der Waals surface area contributed by atoms with E-state index in [4.69, 9.17) is 0 Å². The van der Waals surface area contributed by atoms with Gasteiger partial charge in [0, 0.05) is 5.75 Å². The third kappa shape index (κ3) is 3.73. The Kier molecular flexibility index (Phi) is 5.28. The minimum absolute atomic E-state index is 0.0907. The van der Waals surface area contributed by atoms with Crippen LogP contribution < -0.4 is 0 Å². The Bertz CT molecular complexity index is 901. The summed E-state index contributed by atoms with van der Waals surface area (Å²) in [6.45, 7) is 1.78. The Balaban J connectivity index is 2.16. The molecule has 0 bridgehead atoms. The van der Waals surface area contributed by atoms with Crippen molar-refractivity contribution in [1.82, 2.24) is 0 Å². The second kappa shape index (κ2) is 7.62. The number of carbonyl (C=O) groups is 2. The topological polar surface area (TPSA) is 74.6 Å². The molecule has 1 aliphatic rings. The van der Waals surface area contributed by atoms with E-state index in [0.29, 0.717) is 28.9 Å². The van der Waals surface area contributed by atoms with E-state index < -0.39 is 22.8 Å². The molecule has 5 heteroatoms. The average molecular weight is 368 g/mol. The molecule has 0 atom stereocenters. The van der Waals surface area contributed by atoms with Crippen molar-refractivity contribution in [2.45, 2.75) is 19.1 Å².